The van der Waals surface area contributed by atoms with E-state index in [1.165, 1.54) is 0 Å². The molecule has 17 heavy (non-hydrogen) atoms. The van der Waals surface area contributed by atoms with Crippen molar-refractivity contribution in [3.63, 3.8) is 0 Å². The second-order valence-electron chi connectivity index (χ2n) is 5.20. The van der Waals surface area contributed by atoms with E-state index in [0.29, 0.717) is 12.8 Å². The van der Waals surface area contributed by atoms with Gasteiger partial charge in [0.25, 0.3) is 0 Å². The Kier molecular flexibility index (Phi) is 5.28. The van der Waals surface area contributed by atoms with Crippen molar-refractivity contribution in [2.75, 3.05) is 13.1 Å². The van der Waals surface area contributed by atoms with Gasteiger partial charge in [-0.3, -0.25) is 4.79 Å². The molecule has 1 heterocycles. The van der Waals surface area contributed by atoms with E-state index in [9.17, 15) is 4.79 Å². The molecular formula is C13H22N2OS. The molecule has 4 heteroatoms. The van der Waals surface area contributed by atoms with E-state index < -0.39 is 0 Å². The van der Waals surface area contributed by atoms with Crippen LogP contribution in [0.2, 0.25) is 0 Å². The quantitative estimate of drug-likeness (QED) is 0.793. The Bertz CT molecular complexity index is 366. The van der Waals surface area contributed by atoms with Crippen molar-refractivity contribution in [3.8, 4) is 0 Å². The number of carbonyl (C=O) groups excluding carboxylic acids is 1. The summed E-state index contributed by atoms with van der Waals surface area (Å²) in [6.45, 7) is 10.1. The summed E-state index contributed by atoms with van der Waals surface area (Å²) in [5, 5.41) is 6.16. The van der Waals surface area contributed by atoms with Crippen molar-refractivity contribution in [1.29, 1.82) is 0 Å². The second kappa shape index (κ2) is 6.26. The van der Waals surface area contributed by atoms with Crippen LogP contribution in [0.15, 0.2) is 5.38 Å². The minimum Gasteiger partial charge on any atom is -0.317 e. The fourth-order valence-corrected chi connectivity index (χ4v) is 2.45. The molecular weight excluding hydrogens is 232 g/mol. The molecule has 0 radical (unpaired) electrons. The number of rotatable bonds is 6. The van der Waals surface area contributed by atoms with Crippen molar-refractivity contribution in [1.82, 2.24) is 10.3 Å². The van der Waals surface area contributed by atoms with E-state index in [1.807, 2.05) is 6.92 Å². The summed E-state index contributed by atoms with van der Waals surface area (Å²) in [6.07, 6.45) is 1.07. The molecule has 0 saturated carbocycles. The molecule has 1 rings (SSSR count). The predicted molar refractivity (Wildman–Crippen MR) is 72.7 cm³/mol. The molecule has 1 N–H and O–H groups in total. The van der Waals surface area contributed by atoms with Gasteiger partial charge in [0.15, 0.2) is 0 Å². The number of nitrogens with zero attached hydrogens (tertiary/aromatic N) is 1. The van der Waals surface area contributed by atoms with Crippen molar-refractivity contribution in [2.45, 2.75) is 46.0 Å². The highest BCUT2D eigenvalue weighted by Crippen LogP contribution is 2.24. The number of aromatic nitrogens is 1. The molecule has 0 aliphatic heterocycles. The van der Waals surface area contributed by atoms with Crippen LogP contribution in [-0.4, -0.2) is 23.9 Å². The van der Waals surface area contributed by atoms with Gasteiger partial charge in [0.05, 0.1) is 12.1 Å². The van der Waals surface area contributed by atoms with Crippen molar-refractivity contribution < 1.29 is 4.79 Å². The zero-order valence-corrected chi connectivity index (χ0v) is 12.0. The van der Waals surface area contributed by atoms with E-state index in [1.54, 1.807) is 11.3 Å². The lowest BCUT2D eigenvalue weighted by atomic mass is 9.93. The van der Waals surface area contributed by atoms with Gasteiger partial charge in [-0.25, -0.2) is 4.98 Å². The molecule has 0 atom stereocenters. The van der Waals surface area contributed by atoms with Crippen LogP contribution in [0.3, 0.4) is 0 Å². The molecule has 0 saturated heterocycles. The van der Waals surface area contributed by atoms with Gasteiger partial charge in [-0.15, -0.1) is 11.3 Å². The van der Waals surface area contributed by atoms with Crippen LogP contribution >= 0.6 is 11.3 Å². The number of ketones is 1. The van der Waals surface area contributed by atoms with E-state index >= 15 is 0 Å². The van der Waals surface area contributed by atoms with Gasteiger partial charge in [-0.05, 0) is 6.54 Å². The number of hydrogen-bond acceptors (Lipinski definition) is 4. The molecule has 0 spiro atoms. The third kappa shape index (κ3) is 4.96. The summed E-state index contributed by atoms with van der Waals surface area (Å²) in [6, 6.07) is 0. The first-order valence-corrected chi connectivity index (χ1v) is 6.98. The number of Topliss-reactive ketones (excluding diaryl/α,β-unsaturated/α-hetero) is 1. The lowest BCUT2D eigenvalue weighted by Gasteiger charge is -2.14. The van der Waals surface area contributed by atoms with Crippen LogP contribution in [-0.2, 0) is 16.6 Å². The Morgan fingerprint density at radius 1 is 1.47 bits per heavy atom. The number of hydrogen-bond donors (Lipinski definition) is 1. The highest BCUT2D eigenvalue weighted by atomic mass is 32.1. The fourth-order valence-electron chi connectivity index (χ4n) is 1.40. The lowest BCUT2D eigenvalue weighted by molar-refractivity contribution is -0.118. The maximum Gasteiger partial charge on any atom is 0.140 e. The van der Waals surface area contributed by atoms with Crippen LogP contribution < -0.4 is 5.32 Å². The lowest BCUT2D eigenvalue weighted by Crippen LogP contribution is -2.18. The highest BCUT2D eigenvalue weighted by molar-refractivity contribution is 7.09. The van der Waals surface area contributed by atoms with E-state index in [0.717, 1.165) is 23.8 Å². The maximum atomic E-state index is 11.7. The molecule has 3 nitrogen and oxygen atoms in total. The Morgan fingerprint density at radius 2 is 2.18 bits per heavy atom. The van der Waals surface area contributed by atoms with Crippen LogP contribution in [0.5, 0.6) is 0 Å². The van der Waals surface area contributed by atoms with E-state index in [2.05, 4.69) is 36.5 Å². The smallest absolute Gasteiger partial charge is 0.140 e. The zero-order valence-electron chi connectivity index (χ0n) is 11.2. The van der Waals surface area contributed by atoms with Gasteiger partial charge in [-0.2, -0.15) is 0 Å². The van der Waals surface area contributed by atoms with Crippen LogP contribution in [0.1, 0.15) is 44.8 Å². The van der Waals surface area contributed by atoms with E-state index in [-0.39, 0.29) is 11.2 Å². The summed E-state index contributed by atoms with van der Waals surface area (Å²) < 4.78 is 0. The molecule has 0 bridgehead atoms. The molecule has 0 amide bonds. The van der Waals surface area contributed by atoms with Gasteiger partial charge in [0.1, 0.15) is 10.8 Å². The Labute approximate surface area is 108 Å². The van der Waals surface area contributed by atoms with Crippen molar-refractivity contribution in [3.05, 3.63) is 16.1 Å². The Hall–Kier alpha value is -0.740. The van der Waals surface area contributed by atoms with Crippen LogP contribution in [0, 0.1) is 0 Å². The summed E-state index contributed by atoms with van der Waals surface area (Å²) in [4.78, 5) is 16.2. The molecule has 96 valence electrons. The fraction of sp³-hybridized carbons (Fsp3) is 0.692. The first-order valence-electron chi connectivity index (χ1n) is 6.10. The molecule has 0 aromatic carbocycles. The second-order valence-corrected chi connectivity index (χ2v) is 6.14. The summed E-state index contributed by atoms with van der Waals surface area (Å²) in [7, 11) is 0. The van der Waals surface area contributed by atoms with Gasteiger partial charge in [0.2, 0.25) is 0 Å². The summed E-state index contributed by atoms with van der Waals surface area (Å²) in [5.41, 5.74) is 1.15. The number of thiazole rings is 1. The highest BCUT2D eigenvalue weighted by Gasteiger charge is 2.18. The van der Waals surface area contributed by atoms with Crippen molar-refractivity contribution in [2.24, 2.45) is 0 Å². The number of nitrogens with one attached hydrogen (secondary N) is 1. The number of carbonyl (C=O) groups is 1. The predicted octanol–water partition coefficient (Wildman–Crippen LogP) is 2.55. The van der Waals surface area contributed by atoms with Gasteiger partial charge < -0.3 is 5.32 Å². The molecule has 0 aliphatic carbocycles. The first-order chi connectivity index (χ1) is 7.93. The SMILES string of the molecule is CCNCCC(=O)Cc1nc(C(C)(C)C)cs1. The normalized spacial score (nSPS) is 11.8. The third-order valence-corrected chi connectivity index (χ3v) is 3.35. The van der Waals surface area contributed by atoms with Gasteiger partial charge >= 0.3 is 0 Å². The average molecular weight is 254 g/mol. The summed E-state index contributed by atoms with van der Waals surface area (Å²) >= 11 is 1.59. The molecule has 0 aliphatic rings. The third-order valence-electron chi connectivity index (χ3n) is 2.50. The Balaban J connectivity index is 2.46. The molecule has 1 aromatic rings. The maximum absolute atomic E-state index is 11.7. The summed E-state index contributed by atoms with van der Waals surface area (Å²) in [5.74, 6) is 0.265. The monoisotopic (exact) mass is 254 g/mol. The standard InChI is InChI=1S/C13H22N2OS/c1-5-14-7-6-10(16)8-12-15-11(9-17-12)13(2,3)4/h9,14H,5-8H2,1-4H3. The Morgan fingerprint density at radius 3 is 2.71 bits per heavy atom. The average Bonchev–Trinajstić information content (AvgIpc) is 2.66. The van der Waals surface area contributed by atoms with E-state index in [4.69, 9.17) is 0 Å². The minimum absolute atomic E-state index is 0.0710. The van der Waals surface area contributed by atoms with Crippen molar-refractivity contribution >= 4 is 17.1 Å². The van der Waals surface area contributed by atoms with Crippen LogP contribution in [0.4, 0.5) is 0 Å². The van der Waals surface area contributed by atoms with Gasteiger partial charge in [0, 0.05) is 23.8 Å². The first kappa shape index (κ1) is 14.3. The topological polar surface area (TPSA) is 42.0 Å². The van der Waals surface area contributed by atoms with Gasteiger partial charge in [-0.1, -0.05) is 27.7 Å². The molecule has 0 unspecified atom stereocenters. The van der Waals surface area contributed by atoms with Crippen LogP contribution in [0.25, 0.3) is 0 Å². The molecule has 0 fully saturated rings. The minimum atomic E-state index is 0.0710. The largest absolute Gasteiger partial charge is 0.317 e. The zero-order chi connectivity index (χ0) is 12.9. The molecule has 1 aromatic heterocycles.